The van der Waals surface area contributed by atoms with E-state index in [0.717, 1.165) is 12.2 Å². The lowest BCUT2D eigenvalue weighted by Crippen LogP contribution is -2.49. The maximum atomic E-state index is 9.60. The molecule has 0 heterocycles. The van der Waals surface area contributed by atoms with Crippen molar-refractivity contribution in [1.29, 1.82) is 0 Å². The molecule has 3 nitrogen and oxygen atoms in total. The zero-order valence-corrected chi connectivity index (χ0v) is 12.1. The van der Waals surface area contributed by atoms with Gasteiger partial charge in [0.2, 0.25) is 0 Å². The Kier molecular flexibility index (Phi) is 4.48. The van der Waals surface area contributed by atoms with Crippen LogP contribution < -0.4 is 10.1 Å². The number of nitrogens with one attached hydrogen (secondary N) is 1. The predicted octanol–water partition coefficient (Wildman–Crippen LogP) is 2.66. The third kappa shape index (κ3) is 4.51. The quantitative estimate of drug-likeness (QED) is 0.794. The van der Waals surface area contributed by atoms with E-state index < -0.39 is 0 Å². The number of ether oxygens (including phenoxy) is 1. The molecule has 0 aliphatic heterocycles. The Balaban J connectivity index is 1.87. The van der Waals surface area contributed by atoms with Crippen LogP contribution in [0.25, 0.3) is 0 Å². The molecule has 3 heteroatoms. The van der Waals surface area contributed by atoms with Crippen molar-refractivity contribution in [3.63, 3.8) is 0 Å². The third-order valence-corrected chi connectivity index (χ3v) is 3.58. The van der Waals surface area contributed by atoms with Gasteiger partial charge < -0.3 is 15.2 Å². The lowest BCUT2D eigenvalue weighted by atomic mass is 9.95. The lowest BCUT2D eigenvalue weighted by Gasteiger charge is -2.32. The summed E-state index contributed by atoms with van der Waals surface area (Å²) in [5.41, 5.74) is 0.987. The summed E-state index contributed by atoms with van der Waals surface area (Å²) in [4.78, 5) is 0. The fourth-order valence-corrected chi connectivity index (χ4v) is 2.41. The van der Waals surface area contributed by atoms with E-state index in [9.17, 15) is 5.11 Å². The van der Waals surface area contributed by atoms with Crippen molar-refractivity contribution >= 4 is 0 Å². The van der Waals surface area contributed by atoms with Gasteiger partial charge in [-0.1, -0.05) is 17.7 Å². The van der Waals surface area contributed by atoms with E-state index in [1.165, 1.54) is 18.4 Å². The predicted molar refractivity (Wildman–Crippen MR) is 77.5 cm³/mol. The van der Waals surface area contributed by atoms with Gasteiger partial charge in [0, 0.05) is 18.0 Å². The summed E-state index contributed by atoms with van der Waals surface area (Å²) in [5, 5.41) is 13.1. The molecule has 2 atom stereocenters. The Hall–Kier alpha value is -1.06. The average molecular weight is 263 g/mol. The van der Waals surface area contributed by atoms with Crippen LogP contribution >= 0.6 is 0 Å². The van der Waals surface area contributed by atoms with E-state index in [2.05, 4.69) is 38.2 Å². The minimum atomic E-state index is -0.245. The van der Waals surface area contributed by atoms with Crippen LogP contribution in [0.2, 0.25) is 0 Å². The Bertz CT molecular complexity index is 400. The molecule has 2 unspecified atom stereocenters. The highest BCUT2D eigenvalue weighted by molar-refractivity contribution is 5.26. The van der Waals surface area contributed by atoms with Gasteiger partial charge in [0.25, 0.3) is 0 Å². The number of aryl methyl sites for hydroxylation is 1. The Morgan fingerprint density at radius 2 is 2.00 bits per heavy atom. The van der Waals surface area contributed by atoms with Crippen molar-refractivity contribution in [2.24, 2.45) is 0 Å². The van der Waals surface area contributed by atoms with Gasteiger partial charge in [-0.25, -0.2) is 0 Å². The monoisotopic (exact) mass is 263 g/mol. The fraction of sp³-hybridized carbons (Fsp3) is 0.625. The molecule has 0 spiro atoms. The summed E-state index contributed by atoms with van der Waals surface area (Å²) in [5.74, 6) is 0.893. The first-order chi connectivity index (χ1) is 9.00. The fourth-order valence-electron chi connectivity index (χ4n) is 2.41. The van der Waals surface area contributed by atoms with Crippen molar-refractivity contribution < 1.29 is 9.84 Å². The Morgan fingerprint density at radius 1 is 1.37 bits per heavy atom. The number of hydrogen-bond donors (Lipinski definition) is 2. The normalized spacial score (nSPS) is 19.8. The lowest BCUT2D eigenvalue weighted by molar-refractivity contribution is 0.108. The second-order valence-corrected chi connectivity index (χ2v) is 6.08. The molecule has 19 heavy (non-hydrogen) atoms. The van der Waals surface area contributed by atoms with Crippen molar-refractivity contribution in [2.75, 3.05) is 6.61 Å². The van der Waals surface area contributed by atoms with Crippen molar-refractivity contribution in [2.45, 2.75) is 57.7 Å². The summed E-state index contributed by atoms with van der Waals surface area (Å²) in [6.07, 6.45) is 3.32. The molecule has 106 valence electrons. The molecule has 1 saturated carbocycles. The minimum Gasteiger partial charge on any atom is -0.491 e. The molecule has 1 fully saturated rings. The average Bonchev–Trinajstić information content (AvgIpc) is 3.15. The maximum Gasteiger partial charge on any atom is 0.119 e. The smallest absolute Gasteiger partial charge is 0.119 e. The van der Waals surface area contributed by atoms with Crippen LogP contribution in [-0.2, 0) is 0 Å². The molecule has 1 aliphatic rings. The highest BCUT2D eigenvalue weighted by atomic mass is 16.5. The second kappa shape index (κ2) is 5.93. The number of benzene rings is 1. The minimum absolute atomic E-state index is 0.0751. The summed E-state index contributed by atoms with van der Waals surface area (Å²) in [6, 6.07) is 8.68. The van der Waals surface area contributed by atoms with Gasteiger partial charge in [-0.05, 0) is 45.7 Å². The van der Waals surface area contributed by atoms with Crippen LogP contribution in [0, 0.1) is 6.92 Å². The van der Waals surface area contributed by atoms with Crippen LogP contribution in [0.1, 0.15) is 38.7 Å². The standard InChI is InChI=1S/C16H25NO2/c1-12-4-8-15(9-5-12)19-13(2)10-16(3,11-18)17-14-6-7-14/h4-5,8-9,13-14,17-18H,6-7,10-11H2,1-3H3. The van der Waals surface area contributed by atoms with Gasteiger partial charge in [-0.2, -0.15) is 0 Å². The summed E-state index contributed by atoms with van der Waals surface area (Å²) < 4.78 is 5.92. The number of hydrogen-bond acceptors (Lipinski definition) is 3. The summed E-state index contributed by atoms with van der Waals surface area (Å²) >= 11 is 0. The van der Waals surface area contributed by atoms with Crippen LogP contribution in [0.3, 0.4) is 0 Å². The van der Waals surface area contributed by atoms with Crippen LogP contribution in [-0.4, -0.2) is 29.4 Å². The van der Waals surface area contributed by atoms with Crippen LogP contribution in [0.4, 0.5) is 0 Å². The second-order valence-electron chi connectivity index (χ2n) is 6.08. The van der Waals surface area contributed by atoms with Crippen LogP contribution in [0.15, 0.2) is 24.3 Å². The molecule has 1 aromatic rings. The van der Waals surface area contributed by atoms with E-state index in [1.807, 2.05) is 12.1 Å². The Morgan fingerprint density at radius 3 is 2.53 bits per heavy atom. The summed E-state index contributed by atoms with van der Waals surface area (Å²) in [6.45, 7) is 6.34. The van der Waals surface area contributed by atoms with Gasteiger partial charge in [-0.3, -0.25) is 0 Å². The molecular weight excluding hydrogens is 238 g/mol. The molecule has 0 saturated heterocycles. The van der Waals surface area contributed by atoms with E-state index >= 15 is 0 Å². The number of aliphatic hydroxyl groups excluding tert-OH is 1. The molecule has 2 rings (SSSR count). The van der Waals surface area contributed by atoms with Gasteiger partial charge >= 0.3 is 0 Å². The highest BCUT2D eigenvalue weighted by Crippen LogP contribution is 2.25. The van der Waals surface area contributed by atoms with E-state index in [1.54, 1.807) is 0 Å². The van der Waals surface area contributed by atoms with E-state index in [-0.39, 0.29) is 18.2 Å². The van der Waals surface area contributed by atoms with Gasteiger partial charge in [0.1, 0.15) is 5.75 Å². The number of aliphatic hydroxyl groups is 1. The van der Waals surface area contributed by atoms with Crippen molar-refractivity contribution in [3.8, 4) is 5.75 Å². The number of rotatable bonds is 7. The zero-order chi connectivity index (χ0) is 13.9. The largest absolute Gasteiger partial charge is 0.491 e. The molecule has 0 amide bonds. The molecule has 1 aromatic carbocycles. The van der Waals surface area contributed by atoms with Gasteiger partial charge in [0.15, 0.2) is 0 Å². The van der Waals surface area contributed by atoms with E-state index in [4.69, 9.17) is 4.74 Å². The molecular formula is C16H25NO2. The topological polar surface area (TPSA) is 41.5 Å². The molecule has 0 bridgehead atoms. The zero-order valence-electron chi connectivity index (χ0n) is 12.1. The first-order valence-corrected chi connectivity index (χ1v) is 7.13. The van der Waals surface area contributed by atoms with Crippen molar-refractivity contribution in [3.05, 3.63) is 29.8 Å². The first kappa shape index (κ1) is 14.4. The van der Waals surface area contributed by atoms with E-state index in [0.29, 0.717) is 6.04 Å². The van der Waals surface area contributed by atoms with Gasteiger partial charge in [0.05, 0.1) is 12.7 Å². The van der Waals surface area contributed by atoms with Gasteiger partial charge in [-0.15, -0.1) is 0 Å². The highest BCUT2D eigenvalue weighted by Gasteiger charge is 2.33. The third-order valence-electron chi connectivity index (χ3n) is 3.58. The first-order valence-electron chi connectivity index (χ1n) is 7.13. The summed E-state index contributed by atoms with van der Waals surface area (Å²) in [7, 11) is 0. The molecule has 2 N–H and O–H groups in total. The molecule has 0 aromatic heterocycles. The SMILES string of the molecule is Cc1ccc(OC(C)CC(C)(CO)NC2CC2)cc1. The Labute approximate surface area is 116 Å². The maximum absolute atomic E-state index is 9.60. The molecule has 1 aliphatic carbocycles. The molecule has 0 radical (unpaired) electrons. The van der Waals surface area contributed by atoms with Crippen LogP contribution in [0.5, 0.6) is 5.75 Å². The van der Waals surface area contributed by atoms with Crippen molar-refractivity contribution in [1.82, 2.24) is 5.32 Å².